The molecule has 0 aliphatic carbocycles. The van der Waals surface area contributed by atoms with Gasteiger partial charge in [-0.2, -0.15) is 0 Å². The molecule has 0 aromatic carbocycles. The summed E-state index contributed by atoms with van der Waals surface area (Å²) in [5.41, 5.74) is 0.581. The predicted molar refractivity (Wildman–Crippen MR) is 62.9 cm³/mol. The standard InChI is InChI=1S/C11H15N3O2/c1-8-3-5-14(6-4-8)9-7-10(15)13(2)11(16)12-9/h7H,1,3-6H2,2H3,(H,12,16). The second kappa shape index (κ2) is 4.00. The molecule has 1 aromatic heterocycles. The van der Waals surface area contributed by atoms with Gasteiger partial charge in [0.1, 0.15) is 5.82 Å². The molecule has 0 radical (unpaired) electrons. The lowest BCUT2D eigenvalue weighted by atomic mass is 10.1. The van der Waals surface area contributed by atoms with E-state index in [2.05, 4.69) is 11.6 Å². The van der Waals surface area contributed by atoms with E-state index in [1.165, 1.54) is 18.7 Å². The van der Waals surface area contributed by atoms with E-state index in [-0.39, 0.29) is 11.2 Å². The van der Waals surface area contributed by atoms with E-state index >= 15 is 0 Å². The Morgan fingerprint density at radius 3 is 2.50 bits per heavy atom. The van der Waals surface area contributed by atoms with Crippen LogP contribution in [0, 0.1) is 0 Å². The first-order valence-electron chi connectivity index (χ1n) is 5.30. The summed E-state index contributed by atoms with van der Waals surface area (Å²) in [5, 5.41) is 0. The van der Waals surface area contributed by atoms with Crippen LogP contribution in [0.4, 0.5) is 5.82 Å². The topological polar surface area (TPSA) is 58.1 Å². The first kappa shape index (κ1) is 10.7. The fourth-order valence-corrected chi connectivity index (χ4v) is 1.78. The van der Waals surface area contributed by atoms with Crippen molar-refractivity contribution in [1.82, 2.24) is 9.55 Å². The van der Waals surface area contributed by atoms with Crippen LogP contribution in [0.3, 0.4) is 0 Å². The van der Waals surface area contributed by atoms with E-state index < -0.39 is 0 Å². The third-order valence-electron chi connectivity index (χ3n) is 2.94. The van der Waals surface area contributed by atoms with Crippen molar-refractivity contribution in [2.45, 2.75) is 12.8 Å². The second-order valence-electron chi connectivity index (χ2n) is 4.09. The first-order valence-corrected chi connectivity index (χ1v) is 5.30. The maximum atomic E-state index is 11.5. The summed E-state index contributed by atoms with van der Waals surface area (Å²) in [4.78, 5) is 27.6. The largest absolute Gasteiger partial charge is 0.357 e. The minimum absolute atomic E-state index is 0.275. The lowest BCUT2D eigenvalue weighted by molar-refractivity contribution is 0.667. The Bertz CT molecular complexity index is 486. The highest BCUT2D eigenvalue weighted by Gasteiger charge is 2.14. The number of piperidine rings is 1. The normalized spacial score (nSPS) is 16.6. The summed E-state index contributed by atoms with van der Waals surface area (Å²) < 4.78 is 1.06. The van der Waals surface area contributed by atoms with Gasteiger partial charge in [-0.1, -0.05) is 12.2 Å². The monoisotopic (exact) mass is 221 g/mol. The summed E-state index contributed by atoms with van der Waals surface area (Å²) >= 11 is 0. The number of anilines is 1. The third kappa shape index (κ3) is 1.93. The Morgan fingerprint density at radius 1 is 1.31 bits per heavy atom. The summed E-state index contributed by atoms with van der Waals surface area (Å²) in [5.74, 6) is 0.612. The molecule has 1 aromatic rings. The summed E-state index contributed by atoms with van der Waals surface area (Å²) in [6, 6.07) is 1.47. The molecule has 0 saturated carbocycles. The maximum absolute atomic E-state index is 11.5. The summed E-state index contributed by atoms with van der Waals surface area (Å²) in [7, 11) is 1.46. The number of H-pyrrole nitrogens is 1. The fraction of sp³-hybridized carbons (Fsp3) is 0.455. The molecule has 0 unspecified atom stereocenters. The van der Waals surface area contributed by atoms with Crippen molar-refractivity contribution in [3.05, 3.63) is 39.1 Å². The maximum Gasteiger partial charge on any atom is 0.329 e. The van der Waals surface area contributed by atoms with E-state index in [0.717, 1.165) is 30.5 Å². The Hall–Kier alpha value is -1.78. The van der Waals surface area contributed by atoms with Gasteiger partial charge in [0, 0.05) is 26.2 Å². The van der Waals surface area contributed by atoms with Crippen LogP contribution in [0.1, 0.15) is 12.8 Å². The molecule has 0 amide bonds. The van der Waals surface area contributed by atoms with Crippen molar-refractivity contribution in [3.63, 3.8) is 0 Å². The number of aromatic amines is 1. The number of hydrogen-bond donors (Lipinski definition) is 1. The molecule has 2 heterocycles. The zero-order chi connectivity index (χ0) is 11.7. The van der Waals surface area contributed by atoms with Gasteiger partial charge in [0.05, 0.1) is 0 Å². The third-order valence-corrected chi connectivity index (χ3v) is 2.94. The van der Waals surface area contributed by atoms with Gasteiger partial charge in [0.25, 0.3) is 5.56 Å². The molecule has 16 heavy (non-hydrogen) atoms. The fourth-order valence-electron chi connectivity index (χ4n) is 1.78. The summed E-state index contributed by atoms with van der Waals surface area (Å²) in [6.45, 7) is 5.54. The number of nitrogens with zero attached hydrogens (tertiary/aromatic N) is 2. The zero-order valence-electron chi connectivity index (χ0n) is 9.32. The summed E-state index contributed by atoms with van der Waals surface area (Å²) in [6.07, 6.45) is 1.83. The van der Waals surface area contributed by atoms with E-state index in [1.54, 1.807) is 0 Å². The van der Waals surface area contributed by atoms with Crippen molar-refractivity contribution < 1.29 is 0 Å². The Labute approximate surface area is 93.0 Å². The van der Waals surface area contributed by atoms with Gasteiger partial charge in [-0.15, -0.1) is 0 Å². The Kier molecular flexibility index (Phi) is 2.68. The SMILES string of the molecule is C=C1CCN(c2cc(=O)n(C)c(=O)[nH]2)CC1. The smallest absolute Gasteiger partial charge is 0.329 e. The zero-order valence-corrected chi connectivity index (χ0v) is 9.32. The van der Waals surface area contributed by atoms with E-state index in [4.69, 9.17) is 0 Å². The minimum atomic E-state index is -0.369. The first-order chi connectivity index (χ1) is 7.58. The molecule has 86 valence electrons. The van der Waals surface area contributed by atoms with Crippen LogP contribution in [0.15, 0.2) is 27.8 Å². The average Bonchev–Trinajstić information content (AvgIpc) is 2.26. The van der Waals surface area contributed by atoms with Crippen LogP contribution < -0.4 is 16.1 Å². The van der Waals surface area contributed by atoms with Crippen molar-refractivity contribution in [2.75, 3.05) is 18.0 Å². The van der Waals surface area contributed by atoms with Crippen LogP contribution in [-0.4, -0.2) is 22.6 Å². The highest BCUT2D eigenvalue weighted by Crippen LogP contribution is 2.17. The minimum Gasteiger partial charge on any atom is -0.357 e. The quantitative estimate of drug-likeness (QED) is 0.691. The molecule has 0 spiro atoms. The highest BCUT2D eigenvalue weighted by molar-refractivity contribution is 5.38. The molecular formula is C11H15N3O2. The molecule has 5 heteroatoms. The Balaban J connectivity index is 2.31. The molecule has 1 saturated heterocycles. The lowest BCUT2D eigenvalue weighted by Gasteiger charge is -2.29. The van der Waals surface area contributed by atoms with E-state index in [9.17, 15) is 9.59 Å². The molecule has 0 atom stereocenters. The second-order valence-corrected chi connectivity index (χ2v) is 4.09. The van der Waals surface area contributed by atoms with Gasteiger partial charge in [-0.05, 0) is 12.8 Å². The molecule has 1 aliphatic heterocycles. The molecule has 5 nitrogen and oxygen atoms in total. The van der Waals surface area contributed by atoms with Gasteiger partial charge >= 0.3 is 5.69 Å². The molecule has 1 N–H and O–H groups in total. The van der Waals surface area contributed by atoms with E-state index in [0.29, 0.717) is 5.82 Å². The van der Waals surface area contributed by atoms with Crippen LogP contribution in [-0.2, 0) is 7.05 Å². The molecule has 2 rings (SSSR count). The highest BCUT2D eigenvalue weighted by atomic mass is 16.2. The van der Waals surface area contributed by atoms with Gasteiger partial charge < -0.3 is 4.90 Å². The number of nitrogens with one attached hydrogen (secondary N) is 1. The van der Waals surface area contributed by atoms with Crippen LogP contribution >= 0.6 is 0 Å². The van der Waals surface area contributed by atoms with Gasteiger partial charge in [0.15, 0.2) is 0 Å². The van der Waals surface area contributed by atoms with Crippen LogP contribution in [0.25, 0.3) is 0 Å². The average molecular weight is 221 g/mol. The van der Waals surface area contributed by atoms with Gasteiger partial charge in [-0.25, -0.2) is 4.79 Å². The van der Waals surface area contributed by atoms with Crippen molar-refractivity contribution in [1.29, 1.82) is 0 Å². The predicted octanol–water partition coefficient (Wildman–Crippen LogP) is 0.230. The lowest BCUT2D eigenvalue weighted by Crippen LogP contribution is -2.38. The molecular weight excluding hydrogens is 206 g/mol. The molecule has 0 bridgehead atoms. The van der Waals surface area contributed by atoms with Crippen LogP contribution in [0.5, 0.6) is 0 Å². The van der Waals surface area contributed by atoms with Crippen molar-refractivity contribution in [3.8, 4) is 0 Å². The van der Waals surface area contributed by atoms with Gasteiger partial charge in [-0.3, -0.25) is 14.3 Å². The van der Waals surface area contributed by atoms with Crippen molar-refractivity contribution >= 4 is 5.82 Å². The number of hydrogen-bond acceptors (Lipinski definition) is 3. The molecule has 1 aliphatic rings. The van der Waals surface area contributed by atoms with E-state index in [1.807, 2.05) is 4.90 Å². The molecule has 1 fully saturated rings. The van der Waals surface area contributed by atoms with Crippen molar-refractivity contribution in [2.24, 2.45) is 7.05 Å². The number of rotatable bonds is 1. The van der Waals surface area contributed by atoms with Crippen LogP contribution in [0.2, 0.25) is 0 Å². The Morgan fingerprint density at radius 2 is 1.94 bits per heavy atom. The van der Waals surface area contributed by atoms with Gasteiger partial charge in [0.2, 0.25) is 0 Å². The number of aromatic nitrogens is 2.